The average Bonchev–Trinajstić information content (AvgIpc) is 3.16. The molecule has 0 unspecified atom stereocenters. The molecule has 2 aromatic rings. The van der Waals surface area contributed by atoms with E-state index in [0.29, 0.717) is 35.8 Å². The number of nitrogen functional groups attached to an aromatic ring is 1. The summed E-state index contributed by atoms with van der Waals surface area (Å²) < 4.78 is 26.5. The summed E-state index contributed by atoms with van der Waals surface area (Å²) in [5, 5.41) is 2.81. The molecule has 3 rings (SSSR count). The highest BCUT2D eigenvalue weighted by Crippen LogP contribution is 2.21. The Labute approximate surface area is 147 Å². The van der Waals surface area contributed by atoms with Crippen LogP contribution in [0.25, 0.3) is 0 Å². The molecule has 3 N–H and O–H groups in total. The molecule has 0 aliphatic carbocycles. The van der Waals surface area contributed by atoms with Crippen LogP contribution in [0.3, 0.4) is 0 Å². The summed E-state index contributed by atoms with van der Waals surface area (Å²) in [7, 11) is -3.40. The zero-order valence-electron chi connectivity index (χ0n) is 13.8. The topological polar surface area (TPSA) is 92.5 Å². The maximum Gasteiger partial charge on any atom is 0.251 e. The first-order chi connectivity index (χ1) is 12.0. The van der Waals surface area contributed by atoms with E-state index in [9.17, 15) is 13.2 Å². The minimum Gasteiger partial charge on any atom is -0.399 e. The number of anilines is 1. The standard InChI is InChI=1S/C18H21N3O3S/c19-16-7-5-15(6-8-16)18(22)20-13-14-3-9-17(10-4-14)25(23,24)21-11-1-2-12-21/h3-10H,1-2,11-13,19H2,(H,20,22). The monoisotopic (exact) mass is 359 g/mol. The van der Waals surface area contributed by atoms with Crippen molar-refractivity contribution in [3.05, 3.63) is 59.7 Å². The fourth-order valence-corrected chi connectivity index (χ4v) is 4.29. The Hall–Kier alpha value is -2.38. The van der Waals surface area contributed by atoms with Gasteiger partial charge in [-0.3, -0.25) is 4.79 Å². The van der Waals surface area contributed by atoms with Crippen LogP contribution in [0.2, 0.25) is 0 Å². The molecule has 1 saturated heterocycles. The van der Waals surface area contributed by atoms with Gasteiger partial charge in [-0.1, -0.05) is 12.1 Å². The highest BCUT2D eigenvalue weighted by atomic mass is 32.2. The molecule has 7 heteroatoms. The summed E-state index contributed by atoms with van der Waals surface area (Å²) in [6.07, 6.45) is 1.82. The lowest BCUT2D eigenvalue weighted by atomic mass is 10.2. The van der Waals surface area contributed by atoms with Crippen LogP contribution in [0.4, 0.5) is 5.69 Å². The van der Waals surface area contributed by atoms with Gasteiger partial charge in [0.05, 0.1) is 4.90 Å². The second-order valence-corrected chi connectivity index (χ2v) is 8.00. The molecule has 132 valence electrons. The van der Waals surface area contributed by atoms with Gasteiger partial charge in [0.2, 0.25) is 10.0 Å². The number of sulfonamides is 1. The first-order valence-electron chi connectivity index (χ1n) is 8.20. The molecule has 2 aromatic carbocycles. The zero-order valence-corrected chi connectivity index (χ0v) is 14.6. The molecule has 0 radical (unpaired) electrons. The van der Waals surface area contributed by atoms with Gasteiger partial charge in [0, 0.05) is 30.9 Å². The van der Waals surface area contributed by atoms with Gasteiger partial charge >= 0.3 is 0 Å². The van der Waals surface area contributed by atoms with E-state index in [1.165, 1.54) is 4.31 Å². The van der Waals surface area contributed by atoms with Crippen molar-refractivity contribution in [2.24, 2.45) is 0 Å². The fraction of sp³-hybridized carbons (Fsp3) is 0.278. The second kappa shape index (κ2) is 7.25. The molecule has 0 aromatic heterocycles. The fourth-order valence-electron chi connectivity index (χ4n) is 2.78. The summed E-state index contributed by atoms with van der Waals surface area (Å²) in [4.78, 5) is 12.4. The third-order valence-corrected chi connectivity index (χ3v) is 6.16. The molecule has 0 atom stereocenters. The van der Waals surface area contributed by atoms with E-state index < -0.39 is 10.0 Å². The van der Waals surface area contributed by atoms with Crippen molar-refractivity contribution in [2.75, 3.05) is 18.8 Å². The van der Waals surface area contributed by atoms with Crippen LogP contribution < -0.4 is 11.1 Å². The van der Waals surface area contributed by atoms with E-state index in [1.54, 1.807) is 48.5 Å². The highest BCUT2D eigenvalue weighted by molar-refractivity contribution is 7.89. The van der Waals surface area contributed by atoms with E-state index >= 15 is 0 Å². The molecule has 25 heavy (non-hydrogen) atoms. The number of amides is 1. The van der Waals surface area contributed by atoms with Crippen molar-refractivity contribution >= 4 is 21.6 Å². The molecule has 0 bridgehead atoms. The van der Waals surface area contributed by atoms with E-state index in [4.69, 9.17) is 5.73 Å². The Morgan fingerprint density at radius 2 is 1.60 bits per heavy atom. The van der Waals surface area contributed by atoms with Crippen molar-refractivity contribution in [3.8, 4) is 0 Å². The highest BCUT2D eigenvalue weighted by Gasteiger charge is 2.26. The van der Waals surface area contributed by atoms with Crippen LogP contribution in [0.1, 0.15) is 28.8 Å². The van der Waals surface area contributed by atoms with Crippen molar-refractivity contribution in [3.63, 3.8) is 0 Å². The number of benzene rings is 2. The number of rotatable bonds is 5. The lowest BCUT2D eigenvalue weighted by Gasteiger charge is -2.15. The van der Waals surface area contributed by atoms with Gasteiger partial charge in [0.15, 0.2) is 0 Å². The number of nitrogens with two attached hydrogens (primary N) is 1. The van der Waals surface area contributed by atoms with Crippen LogP contribution in [-0.2, 0) is 16.6 Å². The largest absolute Gasteiger partial charge is 0.399 e. The van der Waals surface area contributed by atoms with Crippen molar-refractivity contribution in [2.45, 2.75) is 24.3 Å². The average molecular weight is 359 g/mol. The zero-order chi connectivity index (χ0) is 17.9. The number of nitrogens with zero attached hydrogens (tertiary/aromatic N) is 1. The Morgan fingerprint density at radius 1 is 1.00 bits per heavy atom. The molecule has 1 heterocycles. The van der Waals surface area contributed by atoms with Crippen molar-refractivity contribution < 1.29 is 13.2 Å². The summed E-state index contributed by atoms with van der Waals surface area (Å²) >= 11 is 0. The van der Waals surface area contributed by atoms with E-state index in [1.807, 2.05) is 0 Å². The number of carbonyl (C=O) groups is 1. The Morgan fingerprint density at radius 3 is 2.20 bits per heavy atom. The summed E-state index contributed by atoms with van der Waals surface area (Å²) in [6.45, 7) is 1.50. The SMILES string of the molecule is Nc1ccc(C(=O)NCc2ccc(S(=O)(=O)N3CCCC3)cc2)cc1. The van der Waals surface area contributed by atoms with E-state index in [0.717, 1.165) is 18.4 Å². The van der Waals surface area contributed by atoms with Crippen LogP contribution in [0.5, 0.6) is 0 Å². The number of hydrogen-bond donors (Lipinski definition) is 2. The molecule has 0 saturated carbocycles. The van der Waals surface area contributed by atoms with Crippen LogP contribution >= 0.6 is 0 Å². The lowest BCUT2D eigenvalue weighted by Crippen LogP contribution is -2.28. The quantitative estimate of drug-likeness (QED) is 0.799. The van der Waals surface area contributed by atoms with Gasteiger partial charge < -0.3 is 11.1 Å². The number of hydrogen-bond acceptors (Lipinski definition) is 4. The molecule has 6 nitrogen and oxygen atoms in total. The maximum absolute atomic E-state index is 12.5. The predicted octanol–water partition coefficient (Wildman–Crippen LogP) is 1.98. The molecular formula is C18H21N3O3S. The minimum atomic E-state index is -3.40. The normalized spacial score (nSPS) is 15.2. The molecule has 1 aliphatic heterocycles. The van der Waals surface area contributed by atoms with Gasteiger partial charge in [0.1, 0.15) is 0 Å². The maximum atomic E-state index is 12.5. The molecular weight excluding hydrogens is 338 g/mol. The Kier molecular flexibility index (Phi) is 5.06. The minimum absolute atomic E-state index is 0.200. The Bertz CT molecular complexity index is 840. The Balaban J connectivity index is 1.63. The van der Waals surface area contributed by atoms with Gasteiger partial charge in [-0.25, -0.2) is 8.42 Å². The summed E-state index contributed by atoms with van der Waals surface area (Å²) in [6, 6.07) is 13.3. The first kappa shape index (κ1) is 17.4. The summed E-state index contributed by atoms with van der Waals surface area (Å²) in [5.74, 6) is -0.200. The molecule has 1 amide bonds. The van der Waals surface area contributed by atoms with Crippen LogP contribution in [0.15, 0.2) is 53.4 Å². The second-order valence-electron chi connectivity index (χ2n) is 6.06. The third-order valence-electron chi connectivity index (χ3n) is 4.25. The molecule has 1 aliphatic rings. The van der Waals surface area contributed by atoms with Gasteiger partial charge in [-0.05, 0) is 54.8 Å². The van der Waals surface area contributed by atoms with Crippen molar-refractivity contribution in [1.82, 2.24) is 9.62 Å². The van der Waals surface area contributed by atoms with Crippen LogP contribution in [-0.4, -0.2) is 31.7 Å². The smallest absolute Gasteiger partial charge is 0.251 e. The molecule has 1 fully saturated rings. The number of carbonyl (C=O) groups excluding carboxylic acids is 1. The molecule has 0 spiro atoms. The van der Waals surface area contributed by atoms with Gasteiger partial charge in [-0.15, -0.1) is 0 Å². The third kappa shape index (κ3) is 4.00. The van der Waals surface area contributed by atoms with E-state index in [2.05, 4.69) is 5.32 Å². The van der Waals surface area contributed by atoms with Crippen LogP contribution in [0, 0.1) is 0 Å². The van der Waals surface area contributed by atoms with Crippen molar-refractivity contribution in [1.29, 1.82) is 0 Å². The van der Waals surface area contributed by atoms with Gasteiger partial charge in [-0.2, -0.15) is 4.31 Å². The lowest BCUT2D eigenvalue weighted by molar-refractivity contribution is 0.0951. The predicted molar refractivity (Wildman–Crippen MR) is 96.5 cm³/mol. The van der Waals surface area contributed by atoms with E-state index in [-0.39, 0.29) is 5.91 Å². The summed E-state index contributed by atoms with van der Waals surface area (Å²) in [5.41, 5.74) is 7.57. The first-order valence-corrected chi connectivity index (χ1v) is 9.64. The number of nitrogens with one attached hydrogen (secondary N) is 1. The van der Waals surface area contributed by atoms with Gasteiger partial charge in [0.25, 0.3) is 5.91 Å².